The zero-order chi connectivity index (χ0) is 14.1. The van der Waals surface area contributed by atoms with Crippen LogP contribution in [0.2, 0.25) is 0 Å². The summed E-state index contributed by atoms with van der Waals surface area (Å²) < 4.78 is 15.8. The summed E-state index contributed by atoms with van der Waals surface area (Å²) >= 11 is 5.23. The third kappa shape index (κ3) is 2.01. The van der Waals surface area contributed by atoms with Crippen molar-refractivity contribution in [3.63, 3.8) is 0 Å². The quantitative estimate of drug-likeness (QED) is 0.736. The van der Waals surface area contributed by atoms with Crippen molar-refractivity contribution in [2.75, 3.05) is 0 Å². The smallest absolute Gasteiger partial charge is 0.200 e. The predicted octanol–water partition coefficient (Wildman–Crippen LogP) is 2.83. The van der Waals surface area contributed by atoms with Gasteiger partial charge in [-0.25, -0.2) is 9.37 Å². The molecule has 3 rings (SSSR count). The van der Waals surface area contributed by atoms with Crippen molar-refractivity contribution < 1.29 is 4.39 Å². The molecular weight excluding hydrogens is 277 g/mol. The molecule has 0 aliphatic heterocycles. The molecule has 0 atom stereocenters. The van der Waals surface area contributed by atoms with E-state index in [0.29, 0.717) is 27.5 Å². The Morgan fingerprint density at radius 2 is 2.15 bits per heavy atom. The minimum Gasteiger partial charge on any atom is -0.266 e. The Bertz CT molecular complexity index is 809. The monoisotopic (exact) mass is 287 g/mol. The fourth-order valence-corrected chi connectivity index (χ4v) is 2.18. The summed E-state index contributed by atoms with van der Waals surface area (Å²) in [5.41, 5.74) is 1.68. The van der Waals surface area contributed by atoms with Crippen LogP contribution in [0.25, 0.3) is 17.2 Å². The van der Waals surface area contributed by atoms with Crippen molar-refractivity contribution in [2.45, 2.75) is 6.92 Å². The molecule has 0 unspecified atom stereocenters. The molecule has 0 spiro atoms. The van der Waals surface area contributed by atoms with Crippen molar-refractivity contribution in [3.8, 4) is 17.2 Å². The van der Waals surface area contributed by atoms with Gasteiger partial charge in [-0.1, -0.05) is 6.07 Å². The van der Waals surface area contributed by atoms with Crippen molar-refractivity contribution >= 4 is 12.2 Å². The van der Waals surface area contributed by atoms with E-state index in [2.05, 4.69) is 20.2 Å². The number of H-pyrrole nitrogens is 1. The lowest BCUT2D eigenvalue weighted by Crippen LogP contribution is -2.02. The summed E-state index contributed by atoms with van der Waals surface area (Å²) in [7, 11) is 0. The molecule has 0 bridgehead atoms. The fraction of sp³-hybridized carbons (Fsp3) is 0.0769. The lowest BCUT2D eigenvalue weighted by Gasteiger charge is -2.09. The van der Waals surface area contributed by atoms with Crippen LogP contribution >= 0.6 is 12.2 Å². The Hall–Kier alpha value is -2.41. The highest BCUT2D eigenvalue weighted by Gasteiger charge is 2.14. The van der Waals surface area contributed by atoms with Gasteiger partial charge >= 0.3 is 0 Å². The predicted molar refractivity (Wildman–Crippen MR) is 74.5 cm³/mol. The van der Waals surface area contributed by atoms with Crippen LogP contribution in [0.4, 0.5) is 4.39 Å². The number of nitrogens with one attached hydrogen (secondary N) is 1. The first-order valence-corrected chi connectivity index (χ1v) is 6.28. The molecule has 0 aliphatic rings. The third-order valence-electron chi connectivity index (χ3n) is 2.94. The standard InChI is InChI=1S/C13H10FN5S/c1-8-9(14)3-2-4-11(8)19-12(17-18-13(19)20)10-7-15-5-6-16-10/h2-7H,1H3,(H,18,20). The van der Waals surface area contributed by atoms with Gasteiger partial charge in [-0.15, -0.1) is 0 Å². The molecule has 2 heterocycles. The summed E-state index contributed by atoms with van der Waals surface area (Å²) in [6.45, 7) is 1.69. The molecule has 100 valence electrons. The van der Waals surface area contributed by atoms with Gasteiger partial charge in [-0.05, 0) is 31.3 Å². The molecule has 3 aromatic rings. The Balaban J connectivity index is 2.28. The van der Waals surface area contributed by atoms with Crippen molar-refractivity contribution in [1.82, 2.24) is 24.7 Å². The van der Waals surface area contributed by atoms with E-state index in [1.807, 2.05) is 0 Å². The lowest BCUT2D eigenvalue weighted by atomic mass is 10.2. The first-order chi connectivity index (χ1) is 9.68. The molecule has 5 nitrogen and oxygen atoms in total. The molecular formula is C13H10FN5S. The van der Waals surface area contributed by atoms with Gasteiger partial charge in [0.05, 0.1) is 11.9 Å². The second-order valence-corrected chi connectivity index (χ2v) is 4.55. The van der Waals surface area contributed by atoms with Crippen LogP contribution in [0, 0.1) is 17.5 Å². The van der Waals surface area contributed by atoms with E-state index in [-0.39, 0.29) is 5.82 Å². The molecule has 7 heteroatoms. The van der Waals surface area contributed by atoms with Crippen LogP contribution in [0.15, 0.2) is 36.8 Å². The molecule has 1 aromatic carbocycles. The number of rotatable bonds is 2. The zero-order valence-electron chi connectivity index (χ0n) is 10.5. The van der Waals surface area contributed by atoms with Crippen molar-refractivity contribution in [1.29, 1.82) is 0 Å². The minimum absolute atomic E-state index is 0.296. The highest BCUT2D eigenvalue weighted by molar-refractivity contribution is 7.71. The number of nitrogens with zero attached hydrogens (tertiary/aromatic N) is 4. The number of aromatic amines is 1. The SMILES string of the molecule is Cc1c(F)cccc1-n1c(-c2cnccn2)n[nH]c1=S. The number of benzene rings is 1. The van der Waals surface area contributed by atoms with Crippen LogP contribution in [-0.2, 0) is 0 Å². The molecule has 0 saturated heterocycles. The van der Waals surface area contributed by atoms with Crippen molar-refractivity contribution in [2.24, 2.45) is 0 Å². The molecule has 2 aromatic heterocycles. The Kier molecular flexibility index (Phi) is 3.11. The summed E-state index contributed by atoms with van der Waals surface area (Å²) in [5.74, 6) is 0.201. The van der Waals surface area contributed by atoms with Gasteiger partial charge in [0.25, 0.3) is 0 Å². The lowest BCUT2D eigenvalue weighted by molar-refractivity contribution is 0.617. The van der Waals surface area contributed by atoms with Crippen LogP contribution in [0.1, 0.15) is 5.56 Å². The van der Waals surface area contributed by atoms with Gasteiger partial charge in [0.2, 0.25) is 0 Å². The molecule has 0 aliphatic carbocycles. The number of aromatic nitrogens is 5. The first kappa shape index (κ1) is 12.6. The molecule has 0 amide bonds. The molecule has 0 radical (unpaired) electrons. The first-order valence-electron chi connectivity index (χ1n) is 5.88. The Morgan fingerprint density at radius 3 is 2.90 bits per heavy atom. The molecule has 1 N–H and O–H groups in total. The highest BCUT2D eigenvalue weighted by Crippen LogP contribution is 2.22. The van der Waals surface area contributed by atoms with Gasteiger partial charge < -0.3 is 0 Å². The fourth-order valence-electron chi connectivity index (χ4n) is 1.95. The van der Waals surface area contributed by atoms with E-state index in [1.54, 1.807) is 42.2 Å². The van der Waals surface area contributed by atoms with Crippen molar-refractivity contribution in [3.05, 3.63) is 52.9 Å². The van der Waals surface area contributed by atoms with E-state index >= 15 is 0 Å². The largest absolute Gasteiger partial charge is 0.266 e. The van der Waals surface area contributed by atoms with Crippen LogP contribution in [0.3, 0.4) is 0 Å². The average Bonchev–Trinajstić information content (AvgIpc) is 2.85. The van der Waals surface area contributed by atoms with E-state index in [4.69, 9.17) is 12.2 Å². The van der Waals surface area contributed by atoms with Crippen LogP contribution in [0.5, 0.6) is 0 Å². The summed E-state index contributed by atoms with van der Waals surface area (Å²) in [6, 6.07) is 4.82. The van der Waals surface area contributed by atoms with Gasteiger partial charge in [0.15, 0.2) is 10.6 Å². The molecule has 20 heavy (non-hydrogen) atoms. The second-order valence-electron chi connectivity index (χ2n) is 4.16. The number of hydrogen-bond donors (Lipinski definition) is 1. The van der Waals surface area contributed by atoms with E-state index < -0.39 is 0 Å². The summed E-state index contributed by atoms with van der Waals surface area (Å²) in [4.78, 5) is 8.20. The minimum atomic E-state index is -0.296. The summed E-state index contributed by atoms with van der Waals surface area (Å²) in [5, 5.41) is 6.86. The van der Waals surface area contributed by atoms with Gasteiger partial charge in [0.1, 0.15) is 11.5 Å². The maximum Gasteiger partial charge on any atom is 0.200 e. The topological polar surface area (TPSA) is 59.4 Å². The maximum absolute atomic E-state index is 13.7. The normalized spacial score (nSPS) is 10.7. The van der Waals surface area contributed by atoms with E-state index in [0.717, 1.165) is 0 Å². The van der Waals surface area contributed by atoms with E-state index in [1.165, 1.54) is 6.07 Å². The van der Waals surface area contributed by atoms with Gasteiger partial charge in [-0.3, -0.25) is 14.6 Å². The Morgan fingerprint density at radius 1 is 1.30 bits per heavy atom. The Labute approximate surface area is 119 Å². The highest BCUT2D eigenvalue weighted by atomic mass is 32.1. The molecule has 0 fully saturated rings. The van der Waals surface area contributed by atoms with Crippen LogP contribution < -0.4 is 0 Å². The second kappa shape index (κ2) is 4.93. The average molecular weight is 287 g/mol. The third-order valence-corrected chi connectivity index (χ3v) is 3.22. The van der Waals surface area contributed by atoms with Gasteiger partial charge in [0, 0.05) is 18.0 Å². The maximum atomic E-state index is 13.7. The summed E-state index contributed by atoms with van der Waals surface area (Å²) in [6.07, 6.45) is 4.72. The van der Waals surface area contributed by atoms with E-state index in [9.17, 15) is 4.39 Å². The number of halogens is 1. The molecule has 0 saturated carbocycles. The number of hydrogen-bond acceptors (Lipinski definition) is 4. The van der Waals surface area contributed by atoms with Crippen LogP contribution in [-0.4, -0.2) is 24.7 Å². The zero-order valence-corrected chi connectivity index (χ0v) is 11.4. The van der Waals surface area contributed by atoms with Gasteiger partial charge in [-0.2, -0.15) is 5.10 Å².